The van der Waals surface area contributed by atoms with E-state index in [0.717, 1.165) is 11.8 Å². The number of benzene rings is 1. The van der Waals surface area contributed by atoms with Crippen molar-refractivity contribution in [2.45, 2.75) is 101 Å². The van der Waals surface area contributed by atoms with Crippen molar-refractivity contribution in [3.63, 3.8) is 0 Å². The first-order chi connectivity index (χ1) is 24.2. The number of rotatable bonds is 8. The van der Waals surface area contributed by atoms with Gasteiger partial charge < -0.3 is 30.1 Å². The number of allylic oxidation sites excluding steroid dienone is 1. The first-order valence-corrected chi connectivity index (χ1v) is 19.1. The Hall–Kier alpha value is -4.40. The van der Waals surface area contributed by atoms with Gasteiger partial charge in [-0.05, 0) is 75.5 Å². The molecule has 2 aromatic rings. The Balaban J connectivity index is 1.35. The van der Waals surface area contributed by atoms with E-state index in [-0.39, 0.29) is 37.1 Å². The van der Waals surface area contributed by atoms with E-state index in [9.17, 15) is 32.7 Å². The van der Waals surface area contributed by atoms with Crippen molar-refractivity contribution in [3.05, 3.63) is 42.6 Å². The molecule has 4 N–H and O–H groups in total. The number of carboxylic acid groups (broad SMARTS) is 1. The maximum atomic E-state index is 14.5. The highest BCUT2D eigenvalue weighted by Gasteiger charge is 2.63. The van der Waals surface area contributed by atoms with Crippen LogP contribution < -0.4 is 24.8 Å². The van der Waals surface area contributed by atoms with Crippen LogP contribution in [0.2, 0.25) is 0 Å². The molecular formula is C36H47N5O9S. The Morgan fingerprint density at radius 1 is 1.16 bits per heavy atom. The summed E-state index contributed by atoms with van der Waals surface area (Å²) >= 11 is 0. The first kappa shape index (κ1) is 36.4. The smallest absolute Gasteiger partial charge is 0.405 e. The number of carbonyl (C=O) groups excluding carboxylic acids is 3. The lowest BCUT2D eigenvalue weighted by atomic mass is 9.85. The normalized spacial score (nSPS) is 31.2. The standard InChI is InChI=1S/C36H47N5O9S/c1-5-22-17-21(2)9-6-7-10-23-19-36(23,33(44)40-51(47,48)35(3)14-15-35)39-30(42)27-18-24(20-41(27)32(43)29(22)38-34(45)46)50-31-26-11-8-12-28(49-4)25(26)13-16-37-31/h7-8,10-13,16,21-24,27,29,38H,5-6,9,14-15,17-20H2,1-4H3,(H,39,42)(H,40,44)(H,45,46)/b10-7-/t21-,22+,23+,24+,27-,29-,36+/m0/s1. The summed E-state index contributed by atoms with van der Waals surface area (Å²) in [5.74, 6) is -1.84. The fraction of sp³-hybridized carbons (Fsp3) is 0.583. The summed E-state index contributed by atoms with van der Waals surface area (Å²) in [6, 6.07) is 4.93. The fourth-order valence-corrected chi connectivity index (χ4v) is 8.84. The van der Waals surface area contributed by atoms with Gasteiger partial charge in [0.05, 0.1) is 18.4 Å². The summed E-state index contributed by atoms with van der Waals surface area (Å²) in [4.78, 5) is 60.5. The predicted octanol–water partition coefficient (Wildman–Crippen LogP) is 3.50. The average Bonchev–Trinajstić information content (AvgIpc) is 3.97. The highest BCUT2D eigenvalue weighted by Crippen LogP contribution is 2.47. The number of nitrogens with zero attached hydrogens (tertiary/aromatic N) is 2. The monoisotopic (exact) mass is 725 g/mol. The van der Waals surface area contributed by atoms with Gasteiger partial charge in [0.2, 0.25) is 27.7 Å². The lowest BCUT2D eigenvalue weighted by molar-refractivity contribution is -0.142. The quantitative estimate of drug-likeness (QED) is 0.293. The van der Waals surface area contributed by atoms with Crippen molar-refractivity contribution in [2.24, 2.45) is 17.8 Å². The highest BCUT2D eigenvalue weighted by molar-refractivity contribution is 7.91. The molecule has 1 saturated heterocycles. The van der Waals surface area contributed by atoms with E-state index in [1.165, 1.54) is 4.90 Å². The summed E-state index contributed by atoms with van der Waals surface area (Å²) in [5.41, 5.74) is -1.54. The predicted molar refractivity (Wildman–Crippen MR) is 187 cm³/mol. The van der Waals surface area contributed by atoms with Crippen LogP contribution in [0.15, 0.2) is 42.6 Å². The largest absolute Gasteiger partial charge is 0.496 e. The second kappa shape index (κ2) is 14.0. The molecule has 1 aromatic heterocycles. The van der Waals surface area contributed by atoms with Gasteiger partial charge in [-0.2, -0.15) is 0 Å². The minimum atomic E-state index is -4.00. The molecule has 4 amide bonds. The molecule has 3 heterocycles. The molecule has 1 aromatic carbocycles. The molecule has 3 fully saturated rings. The van der Waals surface area contributed by atoms with E-state index in [2.05, 4.69) is 27.3 Å². The molecule has 0 radical (unpaired) electrons. The maximum absolute atomic E-state index is 14.5. The van der Waals surface area contributed by atoms with Crippen molar-refractivity contribution in [1.82, 2.24) is 25.2 Å². The topological polar surface area (TPSA) is 193 Å². The molecule has 0 unspecified atom stereocenters. The molecule has 14 nitrogen and oxygen atoms in total. The Labute approximate surface area is 297 Å². The molecule has 4 aliphatic rings. The summed E-state index contributed by atoms with van der Waals surface area (Å²) in [5, 5.41) is 16.6. The number of aromatic nitrogens is 1. The molecule has 15 heteroatoms. The van der Waals surface area contributed by atoms with E-state index >= 15 is 0 Å². The zero-order valence-electron chi connectivity index (χ0n) is 29.4. The number of amides is 4. The van der Waals surface area contributed by atoms with E-state index in [4.69, 9.17) is 9.47 Å². The van der Waals surface area contributed by atoms with Gasteiger partial charge in [-0.25, -0.2) is 18.2 Å². The summed E-state index contributed by atoms with van der Waals surface area (Å²) < 4.78 is 39.3. The molecule has 51 heavy (non-hydrogen) atoms. The van der Waals surface area contributed by atoms with Crippen LogP contribution >= 0.6 is 0 Å². The van der Waals surface area contributed by atoms with Gasteiger partial charge in [0, 0.05) is 29.3 Å². The number of methoxy groups -OCH3 is 1. The van der Waals surface area contributed by atoms with Crippen LogP contribution in [0.25, 0.3) is 10.8 Å². The molecular weight excluding hydrogens is 678 g/mol. The van der Waals surface area contributed by atoms with Crippen molar-refractivity contribution >= 4 is 44.6 Å². The van der Waals surface area contributed by atoms with Crippen LogP contribution in [0.4, 0.5) is 4.79 Å². The van der Waals surface area contributed by atoms with Crippen molar-refractivity contribution in [2.75, 3.05) is 13.7 Å². The summed E-state index contributed by atoms with van der Waals surface area (Å²) in [6.45, 7) is 5.48. The van der Waals surface area contributed by atoms with Crippen LogP contribution in [0.3, 0.4) is 0 Å². The Bertz CT molecular complexity index is 1850. The number of pyridine rings is 1. The van der Waals surface area contributed by atoms with Crippen LogP contribution in [0.5, 0.6) is 11.6 Å². The molecule has 2 aliphatic carbocycles. The van der Waals surface area contributed by atoms with Crippen molar-refractivity contribution in [1.29, 1.82) is 0 Å². The van der Waals surface area contributed by atoms with Gasteiger partial charge in [-0.1, -0.05) is 38.5 Å². The third-order valence-electron chi connectivity index (χ3n) is 11.1. The molecule has 0 bridgehead atoms. The third kappa shape index (κ3) is 7.22. The van der Waals surface area contributed by atoms with Gasteiger partial charge in [0.1, 0.15) is 29.5 Å². The summed E-state index contributed by atoms with van der Waals surface area (Å²) in [7, 11) is -2.44. The van der Waals surface area contributed by atoms with Gasteiger partial charge in [0.15, 0.2) is 0 Å². The Morgan fingerprint density at radius 3 is 2.61 bits per heavy atom. The number of hydrogen-bond donors (Lipinski definition) is 4. The molecule has 0 spiro atoms. The second-order valence-corrected chi connectivity index (χ2v) is 16.9. The van der Waals surface area contributed by atoms with Crippen LogP contribution in [-0.4, -0.2) is 89.4 Å². The molecule has 2 aliphatic heterocycles. The number of hydrogen-bond acceptors (Lipinski definition) is 9. The minimum absolute atomic E-state index is 0.0150. The maximum Gasteiger partial charge on any atom is 0.405 e. The van der Waals surface area contributed by atoms with Crippen LogP contribution in [0.1, 0.15) is 72.1 Å². The Morgan fingerprint density at radius 2 is 1.92 bits per heavy atom. The Kier molecular flexibility index (Phi) is 9.96. The SMILES string of the molecule is CC[C@@H]1C[C@@H](C)CC/C=C\[C@@H]2C[C@@]2(C(=O)NS(=O)(=O)C2(C)CC2)NC(=O)[C@@H]2C[C@@H](Oc3nccc4c(OC)cccc34)CN2C(=O)[C@H]1NC(=O)O. The average molecular weight is 726 g/mol. The fourth-order valence-electron chi connectivity index (χ4n) is 7.53. The van der Waals surface area contributed by atoms with Gasteiger partial charge >= 0.3 is 6.09 Å². The first-order valence-electron chi connectivity index (χ1n) is 17.7. The van der Waals surface area contributed by atoms with Gasteiger partial charge in [-0.3, -0.25) is 19.1 Å². The minimum Gasteiger partial charge on any atom is -0.496 e. The summed E-state index contributed by atoms with van der Waals surface area (Å²) in [6.07, 6.45) is 6.83. The number of ether oxygens (including phenoxy) is 2. The van der Waals surface area contributed by atoms with E-state index in [0.29, 0.717) is 43.2 Å². The molecule has 6 rings (SSSR count). The number of carbonyl (C=O) groups is 4. The van der Waals surface area contributed by atoms with Crippen molar-refractivity contribution in [3.8, 4) is 11.6 Å². The lowest BCUT2D eigenvalue weighted by Gasteiger charge is -2.33. The highest BCUT2D eigenvalue weighted by atomic mass is 32.2. The van der Waals surface area contributed by atoms with E-state index < -0.39 is 68.2 Å². The number of nitrogens with one attached hydrogen (secondary N) is 3. The zero-order chi connectivity index (χ0) is 36.7. The third-order valence-corrected chi connectivity index (χ3v) is 13.3. The van der Waals surface area contributed by atoms with Gasteiger partial charge in [-0.15, -0.1) is 0 Å². The number of sulfonamides is 1. The molecule has 2 saturated carbocycles. The molecule has 7 atom stereocenters. The van der Waals surface area contributed by atoms with Crippen LogP contribution in [0, 0.1) is 17.8 Å². The van der Waals surface area contributed by atoms with E-state index in [1.807, 2.05) is 31.2 Å². The second-order valence-electron chi connectivity index (χ2n) is 14.8. The van der Waals surface area contributed by atoms with E-state index in [1.54, 1.807) is 32.4 Å². The lowest BCUT2D eigenvalue weighted by Crippen LogP contribution is -2.59. The number of fused-ring (bicyclic) bond motifs is 3. The zero-order valence-corrected chi connectivity index (χ0v) is 30.2. The molecule has 276 valence electrons. The van der Waals surface area contributed by atoms with Crippen LogP contribution in [-0.2, 0) is 24.4 Å². The van der Waals surface area contributed by atoms with Crippen molar-refractivity contribution < 1.29 is 42.2 Å². The van der Waals surface area contributed by atoms with Gasteiger partial charge in [0.25, 0.3) is 5.91 Å².